The molecule has 0 aliphatic rings. The monoisotopic (exact) mass is 317 g/mol. The Morgan fingerprint density at radius 1 is 1.22 bits per heavy atom. The van der Waals surface area contributed by atoms with Gasteiger partial charge in [-0.3, -0.25) is 4.79 Å². The van der Waals surface area contributed by atoms with Crippen molar-refractivity contribution < 1.29 is 39.5 Å². The zero-order valence-electron chi connectivity index (χ0n) is 13.0. The maximum Gasteiger partial charge on any atom is 1.00 e. The van der Waals surface area contributed by atoms with Crippen LogP contribution in [0.15, 0.2) is 54.9 Å². The van der Waals surface area contributed by atoms with Crippen LogP contribution >= 0.6 is 0 Å². The average Bonchev–Trinajstić information content (AvgIpc) is 3.02. The van der Waals surface area contributed by atoms with Crippen molar-refractivity contribution in [3.05, 3.63) is 66.0 Å². The Morgan fingerprint density at radius 2 is 2.00 bits per heavy atom. The third-order valence-corrected chi connectivity index (χ3v) is 3.54. The first-order valence-electron chi connectivity index (χ1n) is 7.12. The molecule has 23 heavy (non-hydrogen) atoms. The molecule has 0 saturated carbocycles. The summed E-state index contributed by atoms with van der Waals surface area (Å²) in [6.07, 6.45) is 2.12. The predicted octanol–water partition coefficient (Wildman–Crippen LogP) is -1.73. The summed E-state index contributed by atoms with van der Waals surface area (Å²) < 4.78 is 0. The molecule has 5 nitrogen and oxygen atoms in total. The fourth-order valence-electron chi connectivity index (χ4n) is 2.40. The number of benzene rings is 2. The molecule has 0 aliphatic carbocycles. The molecule has 0 aliphatic heterocycles. The Labute approximate surface area is 156 Å². The van der Waals surface area contributed by atoms with Gasteiger partial charge in [-0.2, -0.15) is 0 Å². The summed E-state index contributed by atoms with van der Waals surface area (Å²) in [5.41, 5.74) is 3.16. The summed E-state index contributed by atoms with van der Waals surface area (Å²) >= 11 is 0. The molecule has 0 fully saturated rings. The standard InChI is InChI=1S/C17H16N3O2.Na/c21-10-14(8-12-4-2-1-3-5-12)20-17(22)13-6-7-15-16(9-13)19-11-18-15;/h1-7,9,11,14H,8,10H2,(H,18,19)(H,20,22);/q-1;+1. The van der Waals surface area contributed by atoms with Crippen LogP contribution in [0.25, 0.3) is 11.0 Å². The maximum absolute atomic E-state index is 12.3. The minimum Gasteiger partial charge on any atom is -0.853 e. The van der Waals surface area contributed by atoms with Gasteiger partial charge in [-0.25, -0.2) is 4.98 Å². The molecule has 3 rings (SSSR count). The molecule has 0 spiro atoms. The van der Waals surface area contributed by atoms with Gasteiger partial charge in [-0.05, 0) is 30.2 Å². The molecule has 112 valence electrons. The molecular weight excluding hydrogens is 301 g/mol. The van der Waals surface area contributed by atoms with Crippen LogP contribution in [0.3, 0.4) is 0 Å². The van der Waals surface area contributed by atoms with Crippen molar-refractivity contribution in [2.45, 2.75) is 12.5 Å². The van der Waals surface area contributed by atoms with E-state index in [0.29, 0.717) is 12.0 Å². The van der Waals surface area contributed by atoms with E-state index in [1.807, 2.05) is 30.3 Å². The smallest absolute Gasteiger partial charge is 0.853 e. The van der Waals surface area contributed by atoms with Crippen LogP contribution in [-0.4, -0.2) is 28.5 Å². The van der Waals surface area contributed by atoms with Gasteiger partial charge in [0.15, 0.2) is 0 Å². The van der Waals surface area contributed by atoms with Crippen molar-refractivity contribution in [3.63, 3.8) is 0 Å². The van der Waals surface area contributed by atoms with Crippen LogP contribution in [-0.2, 0) is 6.42 Å². The summed E-state index contributed by atoms with van der Waals surface area (Å²) in [4.78, 5) is 19.4. The third-order valence-electron chi connectivity index (χ3n) is 3.54. The minimum atomic E-state index is -0.424. The molecule has 6 heteroatoms. The van der Waals surface area contributed by atoms with Gasteiger partial charge in [0.2, 0.25) is 0 Å². The largest absolute Gasteiger partial charge is 1.00 e. The second-order valence-electron chi connectivity index (χ2n) is 5.16. The predicted molar refractivity (Wildman–Crippen MR) is 82.4 cm³/mol. The average molecular weight is 317 g/mol. The van der Waals surface area contributed by atoms with Crippen molar-refractivity contribution in [1.29, 1.82) is 0 Å². The number of aromatic amines is 1. The van der Waals surface area contributed by atoms with Crippen molar-refractivity contribution in [1.82, 2.24) is 15.3 Å². The van der Waals surface area contributed by atoms with Crippen LogP contribution in [0.2, 0.25) is 0 Å². The van der Waals surface area contributed by atoms with Crippen LogP contribution in [0.5, 0.6) is 0 Å². The van der Waals surface area contributed by atoms with Gasteiger partial charge in [0.1, 0.15) is 0 Å². The second-order valence-corrected chi connectivity index (χ2v) is 5.16. The molecule has 0 radical (unpaired) electrons. The molecule has 2 N–H and O–H groups in total. The maximum atomic E-state index is 12.3. The number of hydrogen-bond acceptors (Lipinski definition) is 3. The van der Waals surface area contributed by atoms with E-state index >= 15 is 0 Å². The SMILES string of the molecule is O=C(NC(C[O-])Cc1ccccc1)c1ccc2nc[nH]c2c1.[Na+]. The molecule has 0 saturated heterocycles. The van der Waals surface area contributed by atoms with E-state index in [-0.39, 0.29) is 42.1 Å². The molecule has 1 heterocycles. The van der Waals surface area contributed by atoms with Crippen LogP contribution in [0.1, 0.15) is 15.9 Å². The first-order valence-corrected chi connectivity index (χ1v) is 7.12. The minimum absolute atomic E-state index is 0. The fourth-order valence-corrected chi connectivity index (χ4v) is 2.40. The molecule has 3 aromatic rings. The third kappa shape index (κ3) is 4.42. The Morgan fingerprint density at radius 3 is 2.74 bits per heavy atom. The number of aromatic nitrogens is 2. The van der Waals surface area contributed by atoms with E-state index < -0.39 is 6.04 Å². The number of amides is 1. The number of rotatable bonds is 5. The number of imidazole rings is 1. The number of nitrogens with one attached hydrogen (secondary N) is 2. The van der Waals surface area contributed by atoms with E-state index in [2.05, 4.69) is 15.3 Å². The van der Waals surface area contributed by atoms with E-state index in [9.17, 15) is 9.90 Å². The van der Waals surface area contributed by atoms with Gasteiger partial charge in [0, 0.05) is 11.6 Å². The van der Waals surface area contributed by atoms with Gasteiger partial charge >= 0.3 is 29.6 Å². The van der Waals surface area contributed by atoms with Crippen LogP contribution in [0.4, 0.5) is 0 Å². The van der Waals surface area contributed by atoms with Gasteiger partial charge in [-0.15, -0.1) is 6.61 Å². The molecule has 1 atom stereocenters. The Bertz CT molecular complexity index is 774. The molecular formula is C17H16N3NaO2. The van der Waals surface area contributed by atoms with Crippen molar-refractivity contribution in [2.24, 2.45) is 0 Å². The van der Waals surface area contributed by atoms with Crippen molar-refractivity contribution in [2.75, 3.05) is 6.61 Å². The molecule has 0 bridgehead atoms. The Kier molecular flexibility index (Phi) is 6.36. The first-order chi connectivity index (χ1) is 10.8. The number of hydrogen-bond donors (Lipinski definition) is 2. The van der Waals surface area contributed by atoms with E-state index in [0.717, 1.165) is 16.6 Å². The summed E-state index contributed by atoms with van der Waals surface area (Å²) in [5.74, 6) is -0.242. The van der Waals surface area contributed by atoms with Gasteiger partial charge < -0.3 is 15.4 Å². The molecule has 1 unspecified atom stereocenters. The number of carbonyl (C=O) groups is 1. The number of nitrogens with zero attached hydrogens (tertiary/aromatic N) is 1. The van der Waals surface area contributed by atoms with Crippen molar-refractivity contribution in [3.8, 4) is 0 Å². The molecule has 1 amide bonds. The topological polar surface area (TPSA) is 80.8 Å². The summed E-state index contributed by atoms with van der Waals surface area (Å²) in [7, 11) is 0. The summed E-state index contributed by atoms with van der Waals surface area (Å²) in [5, 5.41) is 14.1. The number of carbonyl (C=O) groups excluding carboxylic acids is 1. The molecule has 1 aromatic heterocycles. The fraction of sp³-hybridized carbons (Fsp3) is 0.176. The number of H-pyrrole nitrogens is 1. The van der Waals surface area contributed by atoms with Gasteiger partial charge in [0.05, 0.1) is 17.4 Å². The molecule has 2 aromatic carbocycles. The zero-order valence-corrected chi connectivity index (χ0v) is 15.0. The van der Waals surface area contributed by atoms with Crippen LogP contribution < -0.4 is 40.0 Å². The van der Waals surface area contributed by atoms with Crippen molar-refractivity contribution >= 4 is 16.9 Å². The second kappa shape index (κ2) is 8.26. The Hall–Kier alpha value is -1.66. The quantitative estimate of drug-likeness (QED) is 0.549. The van der Waals surface area contributed by atoms with Gasteiger partial charge in [0.25, 0.3) is 5.91 Å². The Balaban J connectivity index is 0.00000192. The van der Waals surface area contributed by atoms with E-state index in [4.69, 9.17) is 0 Å². The zero-order chi connectivity index (χ0) is 15.4. The number of fused-ring (bicyclic) bond motifs is 1. The van der Waals surface area contributed by atoms with Crippen LogP contribution in [0, 0.1) is 0 Å². The van der Waals surface area contributed by atoms with E-state index in [1.54, 1.807) is 24.5 Å². The normalized spacial score (nSPS) is 11.7. The van der Waals surface area contributed by atoms with Gasteiger partial charge in [-0.1, -0.05) is 30.3 Å². The van der Waals surface area contributed by atoms with E-state index in [1.165, 1.54) is 0 Å². The first kappa shape index (κ1) is 17.7. The summed E-state index contributed by atoms with van der Waals surface area (Å²) in [6.45, 7) is -0.354. The summed E-state index contributed by atoms with van der Waals surface area (Å²) in [6, 6.07) is 14.5.